The van der Waals surface area contributed by atoms with Gasteiger partial charge in [0, 0.05) is 27.8 Å². The van der Waals surface area contributed by atoms with Crippen molar-refractivity contribution in [3.8, 4) is 44.5 Å². The number of anilines is 3. The molecule has 0 bridgehead atoms. The minimum atomic E-state index is 0.902. The van der Waals surface area contributed by atoms with E-state index < -0.39 is 0 Å². The zero-order chi connectivity index (χ0) is 38.4. The Morgan fingerprint density at radius 2 is 0.776 bits per heavy atom. The molecule has 0 saturated carbocycles. The van der Waals surface area contributed by atoms with Crippen molar-refractivity contribution < 1.29 is 4.42 Å². The lowest BCUT2D eigenvalue weighted by atomic mass is 9.84. The van der Waals surface area contributed by atoms with Gasteiger partial charge in [-0.25, -0.2) is 0 Å². The average molecular weight is 740 g/mol. The van der Waals surface area contributed by atoms with Gasteiger partial charge in [-0.05, 0) is 121 Å². The SMILES string of the molecule is c1ccc(-c2c(-c3ccccc3)c3cc(-c4cccc(N(c5ccccc5)c5ccc(-c6cccc7oc8ccccc8c67)cc5)c4)ccc3c3ccccc23)cc1. The fraction of sp³-hybridized carbons (Fsp3) is 0. The van der Waals surface area contributed by atoms with Crippen molar-refractivity contribution in [2.45, 2.75) is 0 Å². The van der Waals surface area contributed by atoms with Gasteiger partial charge in [0.15, 0.2) is 0 Å². The van der Waals surface area contributed by atoms with E-state index in [4.69, 9.17) is 4.42 Å². The number of rotatable bonds is 7. The molecule has 2 nitrogen and oxygen atoms in total. The first-order valence-electron chi connectivity index (χ1n) is 19.8. The molecule has 0 saturated heterocycles. The molecule has 0 radical (unpaired) electrons. The van der Waals surface area contributed by atoms with Crippen molar-refractivity contribution in [2.24, 2.45) is 0 Å². The number of furan rings is 1. The molecule has 0 N–H and O–H groups in total. The Morgan fingerprint density at radius 1 is 0.276 bits per heavy atom. The van der Waals surface area contributed by atoms with Gasteiger partial charge in [0.1, 0.15) is 11.2 Å². The van der Waals surface area contributed by atoms with Gasteiger partial charge in [0.25, 0.3) is 0 Å². The first-order valence-corrected chi connectivity index (χ1v) is 19.8. The van der Waals surface area contributed by atoms with Crippen molar-refractivity contribution in [1.82, 2.24) is 0 Å². The summed E-state index contributed by atoms with van der Waals surface area (Å²) in [5.74, 6) is 0. The molecule has 11 rings (SSSR count). The van der Waals surface area contributed by atoms with Gasteiger partial charge < -0.3 is 9.32 Å². The Hall–Kier alpha value is -7.68. The molecular formula is C56H37NO. The summed E-state index contributed by atoms with van der Waals surface area (Å²) in [6, 6.07) is 80.7. The van der Waals surface area contributed by atoms with E-state index in [1.54, 1.807) is 0 Å². The minimum Gasteiger partial charge on any atom is -0.456 e. The third-order valence-corrected chi connectivity index (χ3v) is 11.4. The van der Waals surface area contributed by atoms with Crippen LogP contribution in [0.2, 0.25) is 0 Å². The molecule has 0 amide bonds. The van der Waals surface area contributed by atoms with Crippen molar-refractivity contribution in [2.75, 3.05) is 4.90 Å². The van der Waals surface area contributed by atoms with Crippen molar-refractivity contribution in [3.63, 3.8) is 0 Å². The fourth-order valence-electron chi connectivity index (χ4n) is 8.83. The third-order valence-electron chi connectivity index (χ3n) is 11.4. The van der Waals surface area contributed by atoms with Crippen LogP contribution >= 0.6 is 0 Å². The quantitative estimate of drug-likeness (QED) is 0.151. The van der Waals surface area contributed by atoms with Crippen LogP contribution in [-0.4, -0.2) is 0 Å². The van der Waals surface area contributed by atoms with E-state index in [0.717, 1.165) is 55.7 Å². The molecule has 10 aromatic carbocycles. The Labute approximate surface area is 337 Å². The summed E-state index contributed by atoms with van der Waals surface area (Å²) >= 11 is 0. The van der Waals surface area contributed by atoms with E-state index >= 15 is 0 Å². The second-order valence-electron chi connectivity index (χ2n) is 14.8. The molecule has 0 atom stereocenters. The zero-order valence-electron chi connectivity index (χ0n) is 31.7. The molecular weight excluding hydrogens is 703 g/mol. The van der Waals surface area contributed by atoms with E-state index in [-0.39, 0.29) is 0 Å². The maximum absolute atomic E-state index is 6.23. The molecule has 0 spiro atoms. The molecule has 0 fully saturated rings. The first-order chi connectivity index (χ1) is 28.8. The normalized spacial score (nSPS) is 11.4. The zero-order valence-corrected chi connectivity index (χ0v) is 31.7. The van der Waals surface area contributed by atoms with Gasteiger partial charge in [-0.15, -0.1) is 0 Å². The largest absolute Gasteiger partial charge is 0.456 e. The van der Waals surface area contributed by atoms with Crippen LogP contribution in [0.3, 0.4) is 0 Å². The maximum Gasteiger partial charge on any atom is 0.136 e. The lowest BCUT2D eigenvalue weighted by Crippen LogP contribution is -2.09. The van der Waals surface area contributed by atoms with Gasteiger partial charge in [0.2, 0.25) is 0 Å². The van der Waals surface area contributed by atoms with Crippen LogP contribution in [0.25, 0.3) is 88.0 Å². The number of fused-ring (bicyclic) bond motifs is 6. The van der Waals surface area contributed by atoms with Crippen molar-refractivity contribution in [1.29, 1.82) is 0 Å². The Balaban J connectivity index is 1.06. The number of benzene rings is 10. The predicted molar refractivity (Wildman–Crippen MR) is 245 cm³/mol. The van der Waals surface area contributed by atoms with E-state index in [1.165, 1.54) is 49.4 Å². The van der Waals surface area contributed by atoms with Crippen molar-refractivity contribution >= 4 is 60.5 Å². The summed E-state index contributed by atoms with van der Waals surface area (Å²) in [7, 11) is 0. The summed E-state index contributed by atoms with van der Waals surface area (Å²) in [5.41, 5.74) is 14.7. The summed E-state index contributed by atoms with van der Waals surface area (Å²) in [5, 5.41) is 7.28. The lowest BCUT2D eigenvalue weighted by Gasteiger charge is -2.26. The van der Waals surface area contributed by atoms with Gasteiger partial charge in [0.05, 0.1) is 0 Å². The second kappa shape index (κ2) is 14.1. The van der Waals surface area contributed by atoms with E-state index in [0.29, 0.717) is 0 Å². The Bertz CT molecular complexity index is 3260. The molecule has 1 heterocycles. The van der Waals surface area contributed by atoms with Crippen LogP contribution in [0.15, 0.2) is 229 Å². The van der Waals surface area contributed by atoms with E-state index in [1.807, 2.05) is 12.1 Å². The van der Waals surface area contributed by atoms with Crippen LogP contribution < -0.4 is 4.90 Å². The highest BCUT2D eigenvalue weighted by Crippen LogP contribution is 2.46. The lowest BCUT2D eigenvalue weighted by molar-refractivity contribution is 0.669. The fourth-order valence-corrected chi connectivity index (χ4v) is 8.83. The topological polar surface area (TPSA) is 16.4 Å². The van der Waals surface area contributed by atoms with Crippen LogP contribution in [-0.2, 0) is 0 Å². The highest BCUT2D eigenvalue weighted by atomic mass is 16.3. The highest BCUT2D eigenvalue weighted by Gasteiger charge is 2.20. The highest BCUT2D eigenvalue weighted by molar-refractivity contribution is 6.22. The summed E-state index contributed by atoms with van der Waals surface area (Å²) in [6.07, 6.45) is 0. The molecule has 0 aliphatic carbocycles. The van der Waals surface area contributed by atoms with E-state index in [2.05, 4.69) is 217 Å². The minimum absolute atomic E-state index is 0.902. The Morgan fingerprint density at radius 3 is 1.52 bits per heavy atom. The molecule has 0 aliphatic heterocycles. The number of hydrogen-bond acceptors (Lipinski definition) is 2. The monoisotopic (exact) mass is 739 g/mol. The van der Waals surface area contributed by atoms with Gasteiger partial charge in [-0.2, -0.15) is 0 Å². The summed E-state index contributed by atoms with van der Waals surface area (Å²) in [4.78, 5) is 2.35. The molecule has 1 aromatic heterocycles. The standard InChI is InChI=1S/C56H37NO/c1-4-16-39(17-5-1)54-49-25-11-10-24-47(49)48-35-32-42(37-51(48)55(54)40-18-6-2-7-19-40)41-20-14-23-45(36-41)57(43-21-8-3-9-22-43)44-33-30-38(31-34-44)46-27-15-29-53-56(46)50-26-12-13-28-52(50)58-53/h1-37H. The Kier molecular flexibility index (Phi) is 8.19. The summed E-state index contributed by atoms with van der Waals surface area (Å²) in [6.45, 7) is 0. The number of nitrogens with zero attached hydrogens (tertiary/aromatic N) is 1. The van der Waals surface area contributed by atoms with Crippen LogP contribution in [0.4, 0.5) is 17.1 Å². The van der Waals surface area contributed by atoms with E-state index in [9.17, 15) is 0 Å². The van der Waals surface area contributed by atoms with Gasteiger partial charge in [-0.3, -0.25) is 0 Å². The number of para-hydroxylation sites is 2. The first kappa shape index (κ1) is 33.6. The smallest absolute Gasteiger partial charge is 0.136 e. The average Bonchev–Trinajstić information content (AvgIpc) is 3.69. The molecule has 0 aliphatic rings. The predicted octanol–water partition coefficient (Wildman–Crippen LogP) is 16.0. The molecule has 58 heavy (non-hydrogen) atoms. The van der Waals surface area contributed by atoms with Gasteiger partial charge in [-0.1, -0.05) is 170 Å². The molecule has 2 heteroatoms. The van der Waals surface area contributed by atoms with Crippen LogP contribution in [0.5, 0.6) is 0 Å². The number of hydrogen-bond donors (Lipinski definition) is 0. The summed E-state index contributed by atoms with van der Waals surface area (Å²) < 4.78 is 6.23. The van der Waals surface area contributed by atoms with Crippen molar-refractivity contribution in [3.05, 3.63) is 224 Å². The van der Waals surface area contributed by atoms with Crippen LogP contribution in [0.1, 0.15) is 0 Å². The molecule has 11 aromatic rings. The maximum atomic E-state index is 6.23. The van der Waals surface area contributed by atoms with Gasteiger partial charge >= 0.3 is 0 Å². The van der Waals surface area contributed by atoms with Crippen LogP contribution in [0, 0.1) is 0 Å². The molecule has 272 valence electrons. The second-order valence-corrected chi connectivity index (χ2v) is 14.8. The molecule has 0 unspecified atom stereocenters. The third kappa shape index (κ3) is 5.74.